The van der Waals surface area contributed by atoms with Crippen molar-refractivity contribution in [3.8, 4) is 0 Å². The number of carbonyl (C=O) groups excluding carboxylic acids is 1. The third-order valence-corrected chi connectivity index (χ3v) is 3.51. The van der Waals surface area contributed by atoms with Crippen LogP contribution in [0.4, 0.5) is 15.2 Å². The Labute approximate surface area is 120 Å². The lowest BCUT2D eigenvalue weighted by Crippen LogP contribution is -2.15. The first-order valence-electron chi connectivity index (χ1n) is 6.10. The van der Waals surface area contributed by atoms with Gasteiger partial charge in [-0.2, -0.15) is 0 Å². The van der Waals surface area contributed by atoms with Gasteiger partial charge in [0, 0.05) is 16.5 Å². The van der Waals surface area contributed by atoms with Crippen LogP contribution in [0.15, 0.2) is 23.6 Å². The van der Waals surface area contributed by atoms with Crippen molar-refractivity contribution in [2.75, 3.05) is 11.1 Å². The fourth-order valence-electron chi connectivity index (χ4n) is 1.57. The van der Waals surface area contributed by atoms with Crippen LogP contribution in [0.2, 0.25) is 0 Å². The number of hydrogen-bond acceptors (Lipinski definition) is 4. The molecule has 0 saturated heterocycles. The van der Waals surface area contributed by atoms with Gasteiger partial charge >= 0.3 is 0 Å². The number of carbonyl (C=O) groups is 1. The Morgan fingerprint density at radius 1 is 1.40 bits per heavy atom. The quantitative estimate of drug-likeness (QED) is 0.834. The fraction of sp³-hybridized carbons (Fsp3) is 0.286. The summed E-state index contributed by atoms with van der Waals surface area (Å²) in [5, 5.41) is 5.01. The molecule has 1 heterocycles. The van der Waals surface area contributed by atoms with Gasteiger partial charge in [-0.05, 0) is 18.2 Å². The van der Waals surface area contributed by atoms with Gasteiger partial charge in [-0.25, -0.2) is 9.37 Å². The molecule has 1 amide bonds. The number of nitrogens with two attached hydrogens (primary N) is 1. The van der Waals surface area contributed by atoms with Gasteiger partial charge in [0.05, 0.1) is 11.3 Å². The topological polar surface area (TPSA) is 68.0 Å². The zero-order chi connectivity index (χ0) is 14.9. The molecule has 4 nitrogen and oxygen atoms in total. The van der Waals surface area contributed by atoms with Crippen LogP contribution < -0.4 is 11.1 Å². The van der Waals surface area contributed by atoms with Crippen molar-refractivity contribution >= 4 is 28.1 Å². The predicted molar refractivity (Wildman–Crippen MR) is 79.6 cm³/mol. The molecule has 0 aliphatic rings. The fourth-order valence-corrected chi connectivity index (χ4v) is 2.50. The van der Waals surface area contributed by atoms with E-state index in [0.717, 1.165) is 11.8 Å². The Hall–Kier alpha value is -1.95. The summed E-state index contributed by atoms with van der Waals surface area (Å²) in [6.07, 6.45) is 0. The zero-order valence-corrected chi connectivity index (χ0v) is 12.3. The molecule has 0 saturated carbocycles. The number of amides is 1. The molecule has 106 valence electrons. The molecule has 0 spiro atoms. The number of halogens is 1. The van der Waals surface area contributed by atoms with Crippen molar-refractivity contribution in [1.29, 1.82) is 0 Å². The molecule has 2 rings (SSSR count). The minimum absolute atomic E-state index is 0.0860. The van der Waals surface area contributed by atoms with Crippen molar-refractivity contribution in [3.63, 3.8) is 0 Å². The Morgan fingerprint density at radius 3 is 2.70 bits per heavy atom. The van der Waals surface area contributed by atoms with E-state index in [1.54, 1.807) is 0 Å². The maximum absolute atomic E-state index is 13.2. The normalized spacial score (nSPS) is 11.4. The SMILES string of the molecule is CC(C)(C)c1csc(NC(=O)c2cc(F)ccc2N)n1. The van der Waals surface area contributed by atoms with E-state index in [1.807, 2.05) is 26.2 Å². The minimum atomic E-state index is -0.501. The Bertz CT molecular complexity index is 646. The van der Waals surface area contributed by atoms with Crippen molar-refractivity contribution in [1.82, 2.24) is 4.98 Å². The van der Waals surface area contributed by atoms with Crippen LogP contribution in [0, 0.1) is 5.82 Å². The number of anilines is 2. The predicted octanol–water partition coefficient (Wildman–Crippen LogP) is 3.41. The molecule has 0 radical (unpaired) electrons. The third kappa shape index (κ3) is 3.14. The largest absolute Gasteiger partial charge is 0.398 e. The Balaban J connectivity index is 2.20. The molecule has 3 N–H and O–H groups in total. The Morgan fingerprint density at radius 2 is 2.10 bits per heavy atom. The standard InChI is InChI=1S/C14H16FN3OS/c1-14(2,3)11-7-20-13(17-11)18-12(19)9-6-8(15)4-5-10(9)16/h4-7H,16H2,1-3H3,(H,17,18,19). The maximum atomic E-state index is 13.2. The molecule has 0 aliphatic heterocycles. The molecule has 20 heavy (non-hydrogen) atoms. The van der Waals surface area contributed by atoms with Crippen molar-refractivity contribution in [3.05, 3.63) is 40.7 Å². The van der Waals surface area contributed by atoms with E-state index in [1.165, 1.54) is 23.5 Å². The molecular formula is C14H16FN3OS. The van der Waals surface area contributed by atoms with Crippen LogP contribution in [-0.2, 0) is 5.41 Å². The smallest absolute Gasteiger partial charge is 0.259 e. The van der Waals surface area contributed by atoms with Gasteiger partial charge in [0.1, 0.15) is 5.82 Å². The molecule has 1 aromatic heterocycles. The summed E-state index contributed by atoms with van der Waals surface area (Å²) in [5.41, 5.74) is 6.82. The monoisotopic (exact) mass is 293 g/mol. The third-order valence-electron chi connectivity index (χ3n) is 2.75. The second kappa shape index (κ2) is 5.20. The number of benzene rings is 1. The molecule has 2 aromatic rings. The summed E-state index contributed by atoms with van der Waals surface area (Å²) >= 11 is 1.33. The van der Waals surface area contributed by atoms with E-state index >= 15 is 0 Å². The molecule has 1 aromatic carbocycles. The van der Waals surface area contributed by atoms with Gasteiger partial charge in [-0.3, -0.25) is 10.1 Å². The van der Waals surface area contributed by atoms with Crippen LogP contribution in [0.1, 0.15) is 36.8 Å². The molecule has 6 heteroatoms. The van der Waals surface area contributed by atoms with E-state index in [-0.39, 0.29) is 16.7 Å². The van der Waals surface area contributed by atoms with Crippen LogP contribution in [0.25, 0.3) is 0 Å². The first-order valence-corrected chi connectivity index (χ1v) is 6.98. The van der Waals surface area contributed by atoms with Crippen molar-refractivity contribution < 1.29 is 9.18 Å². The highest BCUT2D eigenvalue weighted by Gasteiger charge is 2.19. The van der Waals surface area contributed by atoms with Gasteiger partial charge in [-0.15, -0.1) is 11.3 Å². The lowest BCUT2D eigenvalue weighted by atomic mass is 9.93. The molecular weight excluding hydrogens is 277 g/mol. The van der Waals surface area contributed by atoms with Crippen LogP contribution in [0.5, 0.6) is 0 Å². The Kier molecular flexibility index (Phi) is 3.76. The van der Waals surface area contributed by atoms with Gasteiger partial charge in [0.15, 0.2) is 5.13 Å². The van der Waals surface area contributed by atoms with Gasteiger partial charge < -0.3 is 5.73 Å². The minimum Gasteiger partial charge on any atom is -0.398 e. The van der Waals surface area contributed by atoms with E-state index in [0.29, 0.717) is 5.13 Å². The highest BCUT2D eigenvalue weighted by molar-refractivity contribution is 7.14. The van der Waals surface area contributed by atoms with E-state index in [4.69, 9.17) is 5.73 Å². The number of aromatic nitrogens is 1. The van der Waals surface area contributed by atoms with Gasteiger partial charge in [0.2, 0.25) is 0 Å². The number of nitrogens with zero attached hydrogens (tertiary/aromatic N) is 1. The van der Waals surface area contributed by atoms with Gasteiger partial charge in [0.25, 0.3) is 5.91 Å². The number of hydrogen-bond donors (Lipinski definition) is 2. The first-order chi connectivity index (χ1) is 9.27. The number of rotatable bonds is 2. The van der Waals surface area contributed by atoms with E-state index in [2.05, 4.69) is 10.3 Å². The molecule has 0 fully saturated rings. The van der Waals surface area contributed by atoms with Crippen molar-refractivity contribution in [2.45, 2.75) is 26.2 Å². The highest BCUT2D eigenvalue weighted by atomic mass is 32.1. The van der Waals surface area contributed by atoms with Crippen LogP contribution >= 0.6 is 11.3 Å². The second-order valence-corrected chi connectivity index (χ2v) is 6.33. The summed E-state index contributed by atoms with van der Waals surface area (Å²) in [5.74, 6) is -0.962. The summed E-state index contributed by atoms with van der Waals surface area (Å²) in [6, 6.07) is 3.70. The average molecular weight is 293 g/mol. The number of nitrogens with one attached hydrogen (secondary N) is 1. The number of thiazole rings is 1. The molecule has 0 unspecified atom stereocenters. The van der Waals surface area contributed by atoms with E-state index in [9.17, 15) is 9.18 Å². The molecule has 0 bridgehead atoms. The summed E-state index contributed by atoms with van der Waals surface area (Å²) in [6.45, 7) is 6.12. The average Bonchev–Trinajstić information content (AvgIpc) is 2.80. The maximum Gasteiger partial charge on any atom is 0.259 e. The zero-order valence-electron chi connectivity index (χ0n) is 11.5. The van der Waals surface area contributed by atoms with Crippen molar-refractivity contribution in [2.24, 2.45) is 0 Å². The summed E-state index contributed by atoms with van der Waals surface area (Å²) in [4.78, 5) is 16.4. The second-order valence-electron chi connectivity index (χ2n) is 5.47. The summed E-state index contributed by atoms with van der Waals surface area (Å²) < 4.78 is 13.2. The molecule has 0 atom stereocenters. The highest BCUT2D eigenvalue weighted by Crippen LogP contribution is 2.27. The summed E-state index contributed by atoms with van der Waals surface area (Å²) in [7, 11) is 0. The van der Waals surface area contributed by atoms with E-state index < -0.39 is 11.7 Å². The van der Waals surface area contributed by atoms with Crippen LogP contribution in [0.3, 0.4) is 0 Å². The lowest BCUT2D eigenvalue weighted by Gasteiger charge is -2.14. The first kappa shape index (κ1) is 14.5. The number of nitrogen functional groups attached to an aromatic ring is 1. The lowest BCUT2D eigenvalue weighted by molar-refractivity contribution is 0.102. The molecule has 0 aliphatic carbocycles. The van der Waals surface area contributed by atoms with Crippen LogP contribution in [-0.4, -0.2) is 10.9 Å². The van der Waals surface area contributed by atoms with Gasteiger partial charge in [-0.1, -0.05) is 20.8 Å².